The second kappa shape index (κ2) is 12.1. The van der Waals surface area contributed by atoms with Crippen LogP contribution in [0, 0.1) is 0 Å². The summed E-state index contributed by atoms with van der Waals surface area (Å²) in [5.41, 5.74) is 2.58. The number of nitrogens with zero attached hydrogens (tertiary/aromatic N) is 2. The van der Waals surface area contributed by atoms with Crippen molar-refractivity contribution < 1.29 is 23.8 Å². The third kappa shape index (κ3) is 5.79. The van der Waals surface area contributed by atoms with E-state index in [0.717, 1.165) is 5.56 Å². The second-order valence-electron chi connectivity index (χ2n) is 8.99. The van der Waals surface area contributed by atoms with E-state index in [1.165, 1.54) is 18.3 Å². The standard InChI is InChI=1S/C31H25BrN2O6S/c1-4-39-30(37)26-27(20-8-6-5-7-9-20)33-31-34(28(26)21-11-13-22(38-3)14-12-21)29(36)25(41-31)17-19-10-15-24(23(32)16-19)40-18(2)35/h5-17,28H,4H2,1-3H3/b25-17-/t28-/m1/s1. The lowest BCUT2D eigenvalue weighted by Gasteiger charge is -2.26. The van der Waals surface area contributed by atoms with Gasteiger partial charge in [0.1, 0.15) is 11.5 Å². The molecule has 0 spiro atoms. The number of hydrogen-bond acceptors (Lipinski definition) is 8. The van der Waals surface area contributed by atoms with Crippen molar-refractivity contribution in [2.45, 2.75) is 19.9 Å². The highest BCUT2D eigenvalue weighted by molar-refractivity contribution is 9.10. The Balaban J connectivity index is 1.75. The SMILES string of the molecule is CCOC(=O)C1=C(c2ccccc2)N=c2s/c(=C\c3ccc(OC(C)=O)c(Br)c3)c(=O)n2[C@@H]1c1ccc(OC)cc1. The first-order valence-electron chi connectivity index (χ1n) is 12.7. The molecule has 41 heavy (non-hydrogen) atoms. The van der Waals surface area contributed by atoms with Crippen LogP contribution >= 0.6 is 27.3 Å². The number of aromatic nitrogens is 1. The summed E-state index contributed by atoms with van der Waals surface area (Å²) >= 11 is 4.65. The fourth-order valence-electron chi connectivity index (χ4n) is 4.54. The number of ether oxygens (including phenoxy) is 3. The van der Waals surface area contributed by atoms with Crippen LogP contribution in [0.5, 0.6) is 11.5 Å². The van der Waals surface area contributed by atoms with Gasteiger partial charge in [-0.1, -0.05) is 59.9 Å². The molecule has 5 rings (SSSR count). The highest BCUT2D eigenvalue weighted by Crippen LogP contribution is 2.35. The molecule has 1 aromatic heterocycles. The number of halogens is 1. The van der Waals surface area contributed by atoms with Gasteiger partial charge in [0.2, 0.25) is 0 Å². The summed E-state index contributed by atoms with van der Waals surface area (Å²) in [6.45, 7) is 3.24. The molecular formula is C31H25BrN2O6S. The molecule has 0 amide bonds. The zero-order chi connectivity index (χ0) is 29.1. The number of carbonyl (C=O) groups excluding carboxylic acids is 2. The van der Waals surface area contributed by atoms with Gasteiger partial charge in [0.15, 0.2) is 4.80 Å². The van der Waals surface area contributed by atoms with Crippen LogP contribution in [0.1, 0.15) is 36.6 Å². The highest BCUT2D eigenvalue weighted by atomic mass is 79.9. The van der Waals surface area contributed by atoms with Gasteiger partial charge in [-0.2, -0.15) is 0 Å². The van der Waals surface area contributed by atoms with E-state index >= 15 is 0 Å². The van der Waals surface area contributed by atoms with Crippen LogP contribution in [0.2, 0.25) is 0 Å². The Hall–Kier alpha value is -4.28. The third-order valence-electron chi connectivity index (χ3n) is 6.31. The van der Waals surface area contributed by atoms with Gasteiger partial charge >= 0.3 is 11.9 Å². The topological polar surface area (TPSA) is 96.2 Å². The molecule has 0 bridgehead atoms. The van der Waals surface area contributed by atoms with E-state index in [9.17, 15) is 14.4 Å². The molecule has 1 atom stereocenters. The van der Waals surface area contributed by atoms with Gasteiger partial charge in [0.25, 0.3) is 5.56 Å². The van der Waals surface area contributed by atoms with E-state index in [1.54, 1.807) is 55.0 Å². The van der Waals surface area contributed by atoms with Crippen LogP contribution in [0.15, 0.2) is 92.6 Å². The summed E-state index contributed by atoms with van der Waals surface area (Å²) < 4.78 is 18.6. The van der Waals surface area contributed by atoms with E-state index in [-0.39, 0.29) is 17.7 Å². The lowest BCUT2D eigenvalue weighted by Crippen LogP contribution is -2.40. The zero-order valence-electron chi connectivity index (χ0n) is 22.4. The van der Waals surface area contributed by atoms with Gasteiger partial charge < -0.3 is 14.2 Å². The molecule has 10 heteroatoms. The maximum Gasteiger partial charge on any atom is 0.338 e. The monoisotopic (exact) mass is 632 g/mol. The molecule has 4 aromatic rings. The van der Waals surface area contributed by atoms with Gasteiger partial charge in [-0.15, -0.1) is 0 Å². The third-order valence-corrected chi connectivity index (χ3v) is 7.92. The van der Waals surface area contributed by atoms with Crippen LogP contribution < -0.4 is 24.4 Å². The highest BCUT2D eigenvalue weighted by Gasteiger charge is 2.35. The lowest BCUT2D eigenvalue weighted by atomic mass is 9.93. The van der Waals surface area contributed by atoms with Crippen LogP contribution in [0.25, 0.3) is 11.8 Å². The van der Waals surface area contributed by atoms with Crippen LogP contribution in [-0.2, 0) is 14.3 Å². The molecule has 2 heterocycles. The quantitative estimate of drug-likeness (QED) is 0.218. The average Bonchev–Trinajstić information content (AvgIpc) is 3.28. The minimum Gasteiger partial charge on any atom is -0.497 e. The first-order valence-corrected chi connectivity index (χ1v) is 14.3. The lowest BCUT2D eigenvalue weighted by molar-refractivity contribution is -0.139. The number of fused-ring (bicyclic) bond motifs is 1. The van der Waals surface area contributed by atoms with Gasteiger partial charge in [0.05, 0.1) is 40.0 Å². The molecule has 0 saturated carbocycles. The Morgan fingerprint density at radius 1 is 1.07 bits per heavy atom. The summed E-state index contributed by atoms with van der Waals surface area (Å²) in [6, 6.07) is 21.0. The molecule has 8 nitrogen and oxygen atoms in total. The normalized spacial score (nSPS) is 14.7. The van der Waals surface area contributed by atoms with E-state index in [2.05, 4.69) is 15.9 Å². The fraction of sp³-hybridized carbons (Fsp3) is 0.161. The van der Waals surface area contributed by atoms with E-state index in [0.29, 0.717) is 42.1 Å². The van der Waals surface area contributed by atoms with Crippen LogP contribution in [-0.4, -0.2) is 30.2 Å². The number of hydrogen-bond donors (Lipinski definition) is 0. The van der Waals surface area contributed by atoms with Crippen molar-refractivity contribution in [2.75, 3.05) is 13.7 Å². The summed E-state index contributed by atoms with van der Waals surface area (Å²) in [6.07, 6.45) is 1.74. The summed E-state index contributed by atoms with van der Waals surface area (Å²) in [7, 11) is 1.58. The molecule has 1 aliphatic rings. The molecule has 3 aromatic carbocycles. The van der Waals surface area contributed by atoms with E-state index < -0.39 is 18.0 Å². The van der Waals surface area contributed by atoms with Crippen molar-refractivity contribution >= 4 is 51.0 Å². The fourth-order valence-corrected chi connectivity index (χ4v) is 6.02. The molecular weight excluding hydrogens is 608 g/mol. The van der Waals surface area contributed by atoms with Gasteiger partial charge in [-0.3, -0.25) is 14.2 Å². The maximum atomic E-state index is 14.0. The Morgan fingerprint density at radius 2 is 1.80 bits per heavy atom. The maximum absolute atomic E-state index is 14.0. The zero-order valence-corrected chi connectivity index (χ0v) is 24.8. The first kappa shape index (κ1) is 28.3. The van der Waals surface area contributed by atoms with Gasteiger partial charge in [0, 0.05) is 12.5 Å². The molecule has 0 unspecified atom stereocenters. The predicted molar refractivity (Wildman–Crippen MR) is 160 cm³/mol. The van der Waals surface area contributed by atoms with Crippen LogP contribution in [0.4, 0.5) is 0 Å². The number of esters is 2. The molecule has 0 aliphatic carbocycles. The molecule has 0 radical (unpaired) electrons. The van der Waals surface area contributed by atoms with Crippen molar-refractivity contribution in [2.24, 2.45) is 4.99 Å². The average molecular weight is 634 g/mol. The van der Waals surface area contributed by atoms with E-state index in [4.69, 9.17) is 19.2 Å². The minimum atomic E-state index is -0.786. The number of rotatable bonds is 7. The Bertz CT molecular complexity index is 1840. The summed E-state index contributed by atoms with van der Waals surface area (Å²) in [5.74, 6) is 0.0446. The van der Waals surface area contributed by atoms with Crippen molar-refractivity contribution in [1.82, 2.24) is 4.57 Å². The van der Waals surface area contributed by atoms with Crippen LogP contribution in [0.3, 0.4) is 0 Å². The summed E-state index contributed by atoms with van der Waals surface area (Å²) in [4.78, 5) is 44.2. The van der Waals surface area contributed by atoms with Gasteiger partial charge in [-0.25, -0.2) is 9.79 Å². The Morgan fingerprint density at radius 3 is 2.44 bits per heavy atom. The largest absolute Gasteiger partial charge is 0.497 e. The predicted octanol–water partition coefficient (Wildman–Crippen LogP) is 4.63. The van der Waals surface area contributed by atoms with E-state index in [1.807, 2.05) is 42.5 Å². The minimum absolute atomic E-state index is 0.169. The van der Waals surface area contributed by atoms with Crippen molar-refractivity contribution in [3.05, 3.63) is 119 Å². The number of benzene rings is 3. The Labute approximate surface area is 248 Å². The second-order valence-corrected chi connectivity index (χ2v) is 10.9. The molecule has 0 fully saturated rings. The van der Waals surface area contributed by atoms with Crippen molar-refractivity contribution in [3.63, 3.8) is 0 Å². The van der Waals surface area contributed by atoms with Crippen molar-refractivity contribution in [3.8, 4) is 11.5 Å². The summed E-state index contributed by atoms with van der Waals surface area (Å²) in [5, 5.41) is 0. The molecule has 1 aliphatic heterocycles. The molecule has 0 N–H and O–H groups in total. The van der Waals surface area contributed by atoms with Gasteiger partial charge in [-0.05, 0) is 64.3 Å². The smallest absolute Gasteiger partial charge is 0.338 e. The van der Waals surface area contributed by atoms with Crippen molar-refractivity contribution in [1.29, 1.82) is 0 Å². The molecule has 0 saturated heterocycles. The molecule has 208 valence electrons. The number of carbonyl (C=O) groups is 2. The number of methoxy groups -OCH3 is 1. The number of thiazole rings is 1. The Kier molecular flexibility index (Phi) is 8.32. The first-order chi connectivity index (χ1) is 19.8.